The molecule has 0 saturated heterocycles. The quantitative estimate of drug-likeness (QED) is 0.690. The van der Waals surface area contributed by atoms with Crippen LogP contribution < -0.4 is 15.0 Å². The molecule has 0 fully saturated rings. The number of nitrogens with zero attached hydrogens (tertiary/aromatic N) is 3. The van der Waals surface area contributed by atoms with Gasteiger partial charge in [-0.2, -0.15) is 4.98 Å². The van der Waals surface area contributed by atoms with E-state index in [1.165, 1.54) is 11.1 Å². The lowest BCUT2D eigenvalue weighted by molar-refractivity contribution is 0.242. The monoisotopic (exact) mass is 374 g/mol. The predicted octanol–water partition coefficient (Wildman–Crippen LogP) is 4.88. The molecule has 0 spiro atoms. The van der Waals surface area contributed by atoms with E-state index in [2.05, 4.69) is 39.5 Å². The van der Waals surface area contributed by atoms with E-state index in [0.717, 1.165) is 48.4 Å². The van der Waals surface area contributed by atoms with Crippen molar-refractivity contribution in [1.29, 1.82) is 0 Å². The van der Waals surface area contributed by atoms with Gasteiger partial charge in [0.15, 0.2) is 0 Å². The number of fused-ring (bicyclic) bond motifs is 1. The van der Waals surface area contributed by atoms with Crippen LogP contribution in [0, 0.1) is 6.92 Å². The molecule has 3 aromatic rings. The predicted molar refractivity (Wildman–Crippen MR) is 113 cm³/mol. The van der Waals surface area contributed by atoms with Crippen LogP contribution in [0.2, 0.25) is 0 Å². The molecule has 5 heteroatoms. The molecular formula is C23H26N4O. The maximum absolute atomic E-state index is 5.71. The molecule has 0 saturated carbocycles. The Hall–Kier alpha value is -3.08. The largest absolute Gasteiger partial charge is 0.491 e. The molecule has 2 aromatic carbocycles. The van der Waals surface area contributed by atoms with E-state index < -0.39 is 0 Å². The Balaban J connectivity index is 1.51. The van der Waals surface area contributed by atoms with E-state index in [1.54, 1.807) is 0 Å². The zero-order valence-electron chi connectivity index (χ0n) is 16.6. The van der Waals surface area contributed by atoms with Gasteiger partial charge < -0.3 is 15.0 Å². The van der Waals surface area contributed by atoms with Gasteiger partial charge in [-0.15, -0.1) is 0 Å². The van der Waals surface area contributed by atoms with Gasteiger partial charge in [0, 0.05) is 30.5 Å². The van der Waals surface area contributed by atoms with Gasteiger partial charge in [-0.3, -0.25) is 0 Å². The molecule has 0 amide bonds. The number of aryl methyl sites for hydroxylation is 1. The van der Waals surface area contributed by atoms with Gasteiger partial charge >= 0.3 is 0 Å². The molecule has 0 bridgehead atoms. The number of benzene rings is 2. The normalized spacial score (nSPS) is 13.4. The van der Waals surface area contributed by atoms with Crippen LogP contribution in [0.25, 0.3) is 0 Å². The van der Waals surface area contributed by atoms with Crippen LogP contribution in [-0.4, -0.2) is 22.6 Å². The second-order valence-electron chi connectivity index (χ2n) is 7.45. The highest BCUT2D eigenvalue weighted by Gasteiger charge is 2.18. The Morgan fingerprint density at radius 2 is 1.75 bits per heavy atom. The summed E-state index contributed by atoms with van der Waals surface area (Å²) in [6.45, 7) is 7.84. The number of hydrogen-bond donors (Lipinski definition) is 1. The van der Waals surface area contributed by atoms with Crippen LogP contribution in [0.1, 0.15) is 30.7 Å². The maximum Gasteiger partial charge on any atom is 0.227 e. The van der Waals surface area contributed by atoms with Crippen molar-refractivity contribution in [3.63, 3.8) is 0 Å². The number of anilines is 3. The van der Waals surface area contributed by atoms with Crippen molar-refractivity contribution in [2.45, 2.75) is 39.8 Å². The van der Waals surface area contributed by atoms with E-state index in [0.29, 0.717) is 0 Å². The fraction of sp³-hybridized carbons (Fsp3) is 0.304. The van der Waals surface area contributed by atoms with E-state index in [1.807, 2.05) is 51.1 Å². The first-order valence-corrected chi connectivity index (χ1v) is 9.78. The Labute approximate surface area is 166 Å². The second-order valence-corrected chi connectivity index (χ2v) is 7.45. The van der Waals surface area contributed by atoms with E-state index in [-0.39, 0.29) is 6.10 Å². The van der Waals surface area contributed by atoms with Crippen molar-refractivity contribution in [2.24, 2.45) is 0 Å². The number of hydrogen-bond acceptors (Lipinski definition) is 5. The SMILES string of the molecule is Cc1cc(Nc2ccc(OC(C)C)cc2)nc(N2CCc3ccccc3C2)n1. The lowest BCUT2D eigenvalue weighted by atomic mass is 10.0. The van der Waals surface area contributed by atoms with Gasteiger partial charge in [0.1, 0.15) is 11.6 Å². The van der Waals surface area contributed by atoms with Crippen LogP contribution in [0.3, 0.4) is 0 Å². The number of ether oxygens (including phenoxy) is 1. The molecule has 28 heavy (non-hydrogen) atoms. The Kier molecular flexibility index (Phi) is 5.15. The van der Waals surface area contributed by atoms with Gasteiger partial charge in [0.2, 0.25) is 5.95 Å². The minimum Gasteiger partial charge on any atom is -0.491 e. The molecule has 0 atom stereocenters. The Morgan fingerprint density at radius 3 is 2.50 bits per heavy atom. The molecule has 1 N–H and O–H groups in total. The zero-order valence-corrected chi connectivity index (χ0v) is 16.6. The molecule has 1 aliphatic rings. The summed E-state index contributed by atoms with van der Waals surface area (Å²) in [6.07, 6.45) is 1.19. The fourth-order valence-corrected chi connectivity index (χ4v) is 3.46. The van der Waals surface area contributed by atoms with Gasteiger partial charge in [-0.1, -0.05) is 24.3 Å². The third-order valence-corrected chi connectivity index (χ3v) is 4.75. The third-order valence-electron chi connectivity index (χ3n) is 4.75. The second kappa shape index (κ2) is 7.89. The van der Waals surface area contributed by atoms with Gasteiger partial charge in [0.25, 0.3) is 0 Å². The highest BCUT2D eigenvalue weighted by atomic mass is 16.5. The molecule has 144 valence electrons. The van der Waals surface area contributed by atoms with Crippen molar-refractivity contribution in [3.8, 4) is 5.75 Å². The molecular weight excluding hydrogens is 348 g/mol. The summed E-state index contributed by atoms with van der Waals surface area (Å²) >= 11 is 0. The average molecular weight is 374 g/mol. The van der Waals surface area contributed by atoms with E-state index >= 15 is 0 Å². The summed E-state index contributed by atoms with van der Waals surface area (Å²) in [5.41, 5.74) is 4.71. The molecule has 0 unspecified atom stereocenters. The van der Waals surface area contributed by atoms with E-state index in [9.17, 15) is 0 Å². The lowest BCUT2D eigenvalue weighted by Gasteiger charge is -2.29. The fourth-order valence-electron chi connectivity index (χ4n) is 3.46. The number of rotatable bonds is 5. The minimum atomic E-state index is 0.167. The van der Waals surface area contributed by atoms with Gasteiger partial charge in [-0.25, -0.2) is 4.98 Å². The summed E-state index contributed by atoms with van der Waals surface area (Å²) in [6, 6.07) is 18.5. The molecule has 1 aliphatic heterocycles. The third kappa shape index (κ3) is 4.25. The van der Waals surface area contributed by atoms with Crippen LogP contribution in [-0.2, 0) is 13.0 Å². The molecule has 2 heterocycles. The minimum absolute atomic E-state index is 0.167. The zero-order chi connectivity index (χ0) is 19.5. The van der Waals surface area contributed by atoms with Crippen molar-refractivity contribution in [3.05, 3.63) is 71.4 Å². The van der Waals surface area contributed by atoms with Crippen molar-refractivity contribution < 1.29 is 4.74 Å². The number of nitrogens with one attached hydrogen (secondary N) is 1. The molecule has 5 nitrogen and oxygen atoms in total. The summed E-state index contributed by atoms with van der Waals surface area (Å²) in [5, 5.41) is 3.39. The number of aromatic nitrogens is 2. The highest BCUT2D eigenvalue weighted by molar-refractivity contribution is 5.59. The van der Waals surface area contributed by atoms with Crippen LogP contribution in [0.5, 0.6) is 5.75 Å². The topological polar surface area (TPSA) is 50.3 Å². The Morgan fingerprint density at radius 1 is 1.00 bits per heavy atom. The standard InChI is InChI=1S/C23H26N4O/c1-16(2)28-21-10-8-20(9-11-21)25-22-14-17(3)24-23(26-22)27-13-12-18-6-4-5-7-19(18)15-27/h4-11,14,16H,12-13,15H2,1-3H3,(H,24,25,26). The first-order chi connectivity index (χ1) is 13.6. The summed E-state index contributed by atoms with van der Waals surface area (Å²) in [7, 11) is 0. The molecule has 0 aliphatic carbocycles. The lowest BCUT2D eigenvalue weighted by Crippen LogP contribution is -2.32. The van der Waals surface area contributed by atoms with Crippen LogP contribution >= 0.6 is 0 Å². The molecule has 0 radical (unpaired) electrons. The van der Waals surface area contributed by atoms with Crippen molar-refractivity contribution >= 4 is 17.5 Å². The Bertz CT molecular complexity index is 953. The summed E-state index contributed by atoms with van der Waals surface area (Å²) in [5.74, 6) is 2.45. The van der Waals surface area contributed by atoms with E-state index in [4.69, 9.17) is 9.72 Å². The summed E-state index contributed by atoms with van der Waals surface area (Å²) < 4.78 is 5.71. The molecule has 4 rings (SSSR count). The smallest absolute Gasteiger partial charge is 0.227 e. The van der Waals surface area contributed by atoms with Crippen molar-refractivity contribution in [2.75, 3.05) is 16.8 Å². The maximum atomic E-state index is 5.71. The summed E-state index contributed by atoms with van der Waals surface area (Å²) in [4.78, 5) is 11.7. The van der Waals surface area contributed by atoms with Gasteiger partial charge in [-0.05, 0) is 62.6 Å². The first-order valence-electron chi connectivity index (χ1n) is 9.78. The first kappa shape index (κ1) is 18.3. The van der Waals surface area contributed by atoms with Crippen LogP contribution in [0.15, 0.2) is 54.6 Å². The van der Waals surface area contributed by atoms with Gasteiger partial charge in [0.05, 0.1) is 6.10 Å². The average Bonchev–Trinajstić information content (AvgIpc) is 2.68. The van der Waals surface area contributed by atoms with Crippen molar-refractivity contribution in [1.82, 2.24) is 9.97 Å². The molecule has 1 aromatic heterocycles. The van der Waals surface area contributed by atoms with Crippen LogP contribution in [0.4, 0.5) is 17.5 Å². The highest BCUT2D eigenvalue weighted by Crippen LogP contribution is 2.25.